The van der Waals surface area contributed by atoms with Gasteiger partial charge >= 0.3 is 5.69 Å². The molecule has 32 heavy (non-hydrogen) atoms. The van der Waals surface area contributed by atoms with Gasteiger partial charge in [-0.1, -0.05) is 17.8 Å². The zero-order chi connectivity index (χ0) is 22.7. The summed E-state index contributed by atoms with van der Waals surface area (Å²) in [5.74, 6) is 0.170. The van der Waals surface area contributed by atoms with Gasteiger partial charge in [-0.05, 0) is 42.5 Å². The smallest absolute Gasteiger partial charge is 0.367 e. The summed E-state index contributed by atoms with van der Waals surface area (Å²) in [6.07, 6.45) is 0. The first-order chi connectivity index (χ1) is 15.5. The molecule has 0 fully saturated rings. The number of benzene rings is 2. The molecular formula is C21H18FN5O4S. The van der Waals surface area contributed by atoms with Crippen molar-refractivity contribution in [1.29, 1.82) is 0 Å². The fourth-order valence-electron chi connectivity index (χ4n) is 2.93. The molecule has 0 atom stereocenters. The van der Waals surface area contributed by atoms with Crippen molar-refractivity contribution in [2.45, 2.75) is 16.5 Å². The fourth-order valence-corrected chi connectivity index (χ4v) is 3.75. The molecule has 1 N–H and O–H groups in total. The Balaban J connectivity index is 1.53. The van der Waals surface area contributed by atoms with Gasteiger partial charge in [0.2, 0.25) is 5.91 Å². The van der Waals surface area contributed by atoms with Crippen LogP contribution >= 0.6 is 11.8 Å². The van der Waals surface area contributed by atoms with E-state index in [4.69, 9.17) is 9.47 Å². The molecule has 2 heterocycles. The summed E-state index contributed by atoms with van der Waals surface area (Å²) in [6.45, 7) is -0.316. The van der Waals surface area contributed by atoms with Crippen LogP contribution in [0.3, 0.4) is 0 Å². The normalized spacial score (nSPS) is 10.8. The van der Waals surface area contributed by atoms with E-state index in [1.54, 1.807) is 42.5 Å². The van der Waals surface area contributed by atoms with Crippen molar-refractivity contribution in [1.82, 2.24) is 19.4 Å². The maximum Gasteiger partial charge on any atom is 0.367 e. The number of hydrogen-bond acceptors (Lipinski definition) is 7. The number of aromatic nitrogens is 4. The SMILES string of the molecule is COc1ccc(NC(=O)Cn2nc3ccc(Sc4cccc(F)c4)nn3c2=O)c(OC)c1. The van der Waals surface area contributed by atoms with E-state index in [-0.39, 0.29) is 18.0 Å². The Morgan fingerprint density at radius 2 is 1.94 bits per heavy atom. The molecule has 0 aliphatic heterocycles. The summed E-state index contributed by atoms with van der Waals surface area (Å²) < 4.78 is 25.9. The lowest BCUT2D eigenvalue weighted by molar-refractivity contribution is -0.117. The molecule has 0 saturated carbocycles. The summed E-state index contributed by atoms with van der Waals surface area (Å²) in [5, 5.41) is 11.6. The molecule has 0 saturated heterocycles. The summed E-state index contributed by atoms with van der Waals surface area (Å²) in [7, 11) is 3.00. The molecule has 4 aromatic rings. The van der Waals surface area contributed by atoms with Crippen molar-refractivity contribution >= 4 is 29.0 Å². The Hall–Kier alpha value is -3.86. The topological polar surface area (TPSA) is 99.7 Å². The van der Waals surface area contributed by atoms with E-state index in [2.05, 4.69) is 15.5 Å². The first-order valence-corrected chi connectivity index (χ1v) is 10.2. The van der Waals surface area contributed by atoms with Crippen molar-refractivity contribution in [2.75, 3.05) is 19.5 Å². The molecule has 0 aliphatic rings. The second-order valence-electron chi connectivity index (χ2n) is 6.56. The lowest BCUT2D eigenvalue weighted by atomic mass is 10.2. The van der Waals surface area contributed by atoms with Gasteiger partial charge in [-0.25, -0.2) is 13.9 Å². The number of fused-ring (bicyclic) bond motifs is 1. The molecule has 2 aromatic carbocycles. The number of carbonyl (C=O) groups is 1. The highest BCUT2D eigenvalue weighted by Gasteiger charge is 2.15. The number of ether oxygens (including phenoxy) is 2. The monoisotopic (exact) mass is 455 g/mol. The van der Waals surface area contributed by atoms with Crippen LogP contribution in [-0.4, -0.2) is 39.5 Å². The molecule has 2 aromatic heterocycles. The fraction of sp³-hybridized carbons (Fsp3) is 0.143. The minimum atomic E-state index is -0.571. The third-order valence-electron chi connectivity index (χ3n) is 4.41. The highest BCUT2D eigenvalue weighted by Crippen LogP contribution is 2.29. The van der Waals surface area contributed by atoms with Gasteiger partial charge in [0.05, 0.1) is 19.9 Å². The molecular weight excluding hydrogens is 437 g/mol. The van der Waals surface area contributed by atoms with Gasteiger partial charge in [0.1, 0.15) is 28.9 Å². The predicted octanol–water partition coefficient (Wildman–Crippen LogP) is 2.84. The number of amides is 1. The summed E-state index contributed by atoms with van der Waals surface area (Å²) in [6, 6.07) is 14.3. The van der Waals surface area contributed by atoms with Crippen molar-refractivity contribution in [3.05, 3.63) is 70.9 Å². The number of nitrogens with zero attached hydrogens (tertiary/aromatic N) is 4. The van der Waals surface area contributed by atoms with Crippen molar-refractivity contribution in [2.24, 2.45) is 0 Å². The second-order valence-corrected chi connectivity index (χ2v) is 7.65. The Morgan fingerprint density at radius 3 is 2.69 bits per heavy atom. The molecule has 4 rings (SSSR count). The average Bonchev–Trinajstić information content (AvgIpc) is 3.08. The van der Waals surface area contributed by atoms with E-state index in [9.17, 15) is 14.0 Å². The van der Waals surface area contributed by atoms with E-state index >= 15 is 0 Å². The number of anilines is 1. The van der Waals surface area contributed by atoms with Crippen molar-refractivity contribution in [3.8, 4) is 11.5 Å². The first-order valence-electron chi connectivity index (χ1n) is 9.39. The molecule has 0 bridgehead atoms. The standard InChI is InChI=1S/C21H18FN5O4S/c1-30-14-6-7-16(17(11-14)31-2)23-19(28)12-26-21(29)27-18(24-26)8-9-20(25-27)32-15-5-3-4-13(22)10-15/h3-11H,12H2,1-2H3,(H,23,28). The van der Waals surface area contributed by atoms with Crippen molar-refractivity contribution < 1.29 is 18.7 Å². The molecule has 9 nitrogen and oxygen atoms in total. The van der Waals surface area contributed by atoms with Crippen LogP contribution in [0.2, 0.25) is 0 Å². The Kier molecular flexibility index (Phi) is 6.08. The minimum Gasteiger partial charge on any atom is -0.497 e. The number of hydrogen-bond donors (Lipinski definition) is 1. The quantitative estimate of drug-likeness (QED) is 0.457. The Morgan fingerprint density at radius 1 is 1.09 bits per heavy atom. The van der Waals surface area contributed by atoms with E-state index in [1.807, 2.05) is 0 Å². The minimum absolute atomic E-state index is 0.286. The maximum atomic E-state index is 13.4. The second kappa shape index (κ2) is 9.10. The van der Waals surface area contributed by atoms with E-state index in [0.29, 0.717) is 27.1 Å². The maximum absolute atomic E-state index is 13.4. The van der Waals surface area contributed by atoms with E-state index in [1.165, 1.54) is 38.1 Å². The summed E-state index contributed by atoms with van der Waals surface area (Å²) >= 11 is 1.21. The van der Waals surface area contributed by atoms with Crippen LogP contribution in [0, 0.1) is 5.82 Å². The van der Waals surface area contributed by atoms with Gasteiger partial charge in [0.15, 0.2) is 5.65 Å². The molecule has 0 spiro atoms. The highest BCUT2D eigenvalue weighted by molar-refractivity contribution is 7.99. The number of methoxy groups -OCH3 is 2. The van der Waals surface area contributed by atoms with E-state index in [0.717, 1.165) is 9.20 Å². The number of carbonyl (C=O) groups excluding carboxylic acids is 1. The number of rotatable bonds is 7. The van der Waals surface area contributed by atoms with Crippen LogP contribution in [0.5, 0.6) is 11.5 Å². The van der Waals surface area contributed by atoms with Crippen molar-refractivity contribution in [3.63, 3.8) is 0 Å². The van der Waals surface area contributed by atoms with Gasteiger partial charge in [0.25, 0.3) is 0 Å². The van der Waals surface area contributed by atoms with Crippen LogP contribution in [0.15, 0.2) is 69.3 Å². The molecule has 164 valence electrons. The van der Waals surface area contributed by atoms with Gasteiger partial charge in [0, 0.05) is 11.0 Å². The van der Waals surface area contributed by atoms with Crippen LogP contribution in [0.1, 0.15) is 0 Å². The largest absolute Gasteiger partial charge is 0.497 e. The van der Waals surface area contributed by atoms with Gasteiger partial charge in [-0.3, -0.25) is 4.79 Å². The highest BCUT2D eigenvalue weighted by atomic mass is 32.2. The lowest BCUT2D eigenvalue weighted by Gasteiger charge is -2.11. The zero-order valence-corrected chi connectivity index (χ0v) is 17.9. The van der Waals surface area contributed by atoms with Crippen LogP contribution < -0.4 is 20.5 Å². The molecule has 0 radical (unpaired) electrons. The predicted molar refractivity (Wildman–Crippen MR) is 116 cm³/mol. The van der Waals surface area contributed by atoms with E-state index < -0.39 is 11.6 Å². The van der Waals surface area contributed by atoms with Crippen LogP contribution in [-0.2, 0) is 11.3 Å². The Bertz CT molecular complexity index is 1350. The van der Waals surface area contributed by atoms with Gasteiger partial charge in [-0.15, -0.1) is 5.10 Å². The average molecular weight is 455 g/mol. The lowest BCUT2D eigenvalue weighted by Crippen LogP contribution is -2.29. The first kappa shape index (κ1) is 21.4. The van der Waals surface area contributed by atoms with Gasteiger partial charge in [-0.2, -0.15) is 9.61 Å². The summed E-state index contributed by atoms with van der Waals surface area (Å²) in [5.41, 5.74) is 0.147. The zero-order valence-electron chi connectivity index (χ0n) is 17.1. The third kappa shape index (κ3) is 4.57. The molecule has 1 amide bonds. The Labute approximate surface area is 185 Å². The molecule has 0 aliphatic carbocycles. The van der Waals surface area contributed by atoms with Gasteiger partial charge < -0.3 is 14.8 Å². The summed E-state index contributed by atoms with van der Waals surface area (Å²) in [4.78, 5) is 25.8. The molecule has 11 heteroatoms. The molecule has 0 unspecified atom stereocenters. The van der Waals surface area contributed by atoms with Crippen LogP contribution in [0.25, 0.3) is 5.65 Å². The third-order valence-corrected chi connectivity index (χ3v) is 5.33. The number of halogens is 1. The number of nitrogens with one attached hydrogen (secondary N) is 1. The van der Waals surface area contributed by atoms with Crippen LogP contribution in [0.4, 0.5) is 10.1 Å².